The molecule has 0 rings (SSSR count). The van der Waals surface area contributed by atoms with Gasteiger partial charge in [-0.2, -0.15) is 0 Å². The molecule has 0 radical (unpaired) electrons. The molecular formula is C12H19NaO4. The quantitative estimate of drug-likeness (QED) is 0.210. The number of allylic oxidation sites excluding steroid dienone is 2. The van der Waals surface area contributed by atoms with Crippen LogP contribution >= 0.6 is 0 Å². The molecule has 0 saturated carbocycles. The van der Waals surface area contributed by atoms with Crippen molar-refractivity contribution in [1.82, 2.24) is 0 Å². The molecule has 5 heteroatoms. The number of hydrogen-bond donors (Lipinski definition) is 0. The van der Waals surface area contributed by atoms with Crippen molar-refractivity contribution in [3.8, 4) is 0 Å². The molecule has 17 heavy (non-hydrogen) atoms. The zero-order valence-electron chi connectivity index (χ0n) is 10.7. The summed E-state index contributed by atoms with van der Waals surface area (Å²) in [6.07, 6.45) is 7.73. The fraction of sp³-hybridized carbons (Fsp3) is 0.667. The number of esters is 1. The third-order valence-electron chi connectivity index (χ3n) is 2.05. The van der Waals surface area contributed by atoms with Gasteiger partial charge in [0.05, 0.1) is 13.0 Å². The van der Waals surface area contributed by atoms with Crippen LogP contribution < -0.4 is 34.7 Å². The van der Waals surface area contributed by atoms with Crippen molar-refractivity contribution in [1.29, 1.82) is 0 Å². The molecule has 0 bridgehead atoms. The molecule has 0 aromatic heterocycles. The van der Waals surface area contributed by atoms with Crippen LogP contribution in [0.2, 0.25) is 0 Å². The Morgan fingerprint density at radius 2 is 1.88 bits per heavy atom. The van der Waals surface area contributed by atoms with E-state index >= 15 is 0 Å². The summed E-state index contributed by atoms with van der Waals surface area (Å²) in [5, 5.41) is 10.1. The number of carboxylic acid groups (broad SMARTS) is 1. The van der Waals surface area contributed by atoms with Gasteiger partial charge in [-0.25, -0.2) is 0 Å². The normalized spacial score (nSPS) is 9.94. The van der Waals surface area contributed by atoms with Crippen LogP contribution in [0.15, 0.2) is 12.2 Å². The minimum Gasteiger partial charge on any atom is -0.550 e. The Balaban J connectivity index is 0. The molecule has 92 valence electrons. The average Bonchev–Trinajstić information content (AvgIpc) is 2.25. The first-order valence-electron chi connectivity index (χ1n) is 5.63. The predicted octanol–water partition coefficient (Wildman–Crippen LogP) is -1.80. The minimum atomic E-state index is -1.22. The van der Waals surface area contributed by atoms with E-state index in [-0.39, 0.29) is 42.4 Å². The SMILES string of the molecule is CC=CCCCCCOC(=O)CCC(=O)[O-].[Na+]. The summed E-state index contributed by atoms with van der Waals surface area (Å²) in [7, 11) is 0. The van der Waals surface area contributed by atoms with E-state index in [0.29, 0.717) is 6.61 Å². The van der Waals surface area contributed by atoms with E-state index < -0.39 is 11.9 Å². The second-order valence-corrected chi connectivity index (χ2v) is 3.51. The molecule has 0 N–H and O–H groups in total. The van der Waals surface area contributed by atoms with Crippen molar-refractivity contribution in [3.05, 3.63) is 12.2 Å². The summed E-state index contributed by atoms with van der Waals surface area (Å²) in [5.74, 6) is -1.68. The molecule has 0 fully saturated rings. The van der Waals surface area contributed by atoms with Crippen LogP contribution in [0, 0.1) is 0 Å². The number of carboxylic acids is 1. The van der Waals surface area contributed by atoms with Gasteiger partial charge in [0, 0.05) is 5.97 Å². The number of rotatable bonds is 9. The molecule has 0 amide bonds. The number of hydrogen-bond acceptors (Lipinski definition) is 4. The Bertz CT molecular complexity index is 239. The van der Waals surface area contributed by atoms with Gasteiger partial charge in [0.1, 0.15) is 0 Å². The molecular weight excluding hydrogens is 231 g/mol. The summed E-state index contributed by atoms with van der Waals surface area (Å²) in [5.41, 5.74) is 0. The van der Waals surface area contributed by atoms with Crippen molar-refractivity contribution < 1.29 is 49.0 Å². The van der Waals surface area contributed by atoms with Crippen LogP contribution in [0.5, 0.6) is 0 Å². The number of aliphatic carboxylic acids is 1. The molecule has 0 atom stereocenters. The number of carbonyl (C=O) groups excluding carboxylic acids is 2. The first-order chi connectivity index (χ1) is 7.66. The van der Waals surface area contributed by atoms with Crippen molar-refractivity contribution in [2.75, 3.05) is 6.61 Å². The summed E-state index contributed by atoms with van der Waals surface area (Å²) in [6.45, 7) is 2.36. The van der Waals surface area contributed by atoms with Crippen molar-refractivity contribution in [2.24, 2.45) is 0 Å². The van der Waals surface area contributed by atoms with Crippen LogP contribution in [-0.4, -0.2) is 18.5 Å². The molecule has 0 heterocycles. The van der Waals surface area contributed by atoms with E-state index in [0.717, 1.165) is 25.7 Å². The smallest absolute Gasteiger partial charge is 0.550 e. The van der Waals surface area contributed by atoms with Gasteiger partial charge in [-0.05, 0) is 39.0 Å². The van der Waals surface area contributed by atoms with Gasteiger partial charge >= 0.3 is 35.5 Å². The van der Waals surface area contributed by atoms with Crippen LogP contribution in [0.1, 0.15) is 45.4 Å². The van der Waals surface area contributed by atoms with E-state index in [2.05, 4.69) is 6.08 Å². The van der Waals surface area contributed by atoms with Gasteiger partial charge in [-0.15, -0.1) is 0 Å². The number of carbonyl (C=O) groups is 2. The van der Waals surface area contributed by atoms with E-state index in [9.17, 15) is 14.7 Å². The molecule has 0 aromatic rings. The fourth-order valence-electron chi connectivity index (χ4n) is 1.17. The average molecular weight is 250 g/mol. The zero-order chi connectivity index (χ0) is 12.2. The third kappa shape index (κ3) is 15.7. The van der Waals surface area contributed by atoms with Crippen LogP contribution in [0.3, 0.4) is 0 Å². The van der Waals surface area contributed by atoms with Crippen LogP contribution in [0.25, 0.3) is 0 Å². The Labute approximate surface area is 125 Å². The zero-order valence-corrected chi connectivity index (χ0v) is 12.7. The maximum Gasteiger partial charge on any atom is 1.00 e. The predicted molar refractivity (Wildman–Crippen MR) is 58.5 cm³/mol. The molecule has 0 saturated heterocycles. The largest absolute Gasteiger partial charge is 1.00 e. The number of unbranched alkanes of at least 4 members (excludes halogenated alkanes) is 3. The molecule has 0 unspecified atom stereocenters. The Morgan fingerprint density at radius 3 is 2.47 bits per heavy atom. The Hall–Kier alpha value is -0.320. The molecule has 0 aromatic carbocycles. The Kier molecular flexibility index (Phi) is 15.4. The van der Waals surface area contributed by atoms with Gasteiger partial charge in [0.2, 0.25) is 0 Å². The first-order valence-corrected chi connectivity index (χ1v) is 5.63. The van der Waals surface area contributed by atoms with E-state index in [1.807, 2.05) is 13.0 Å². The number of ether oxygens (including phenoxy) is 1. The van der Waals surface area contributed by atoms with Gasteiger partial charge in [0.15, 0.2) is 0 Å². The van der Waals surface area contributed by atoms with Gasteiger partial charge < -0.3 is 14.6 Å². The maximum atomic E-state index is 11.0. The summed E-state index contributed by atoms with van der Waals surface area (Å²) in [6, 6.07) is 0. The fourth-order valence-corrected chi connectivity index (χ4v) is 1.17. The molecule has 0 aliphatic rings. The van der Waals surface area contributed by atoms with Crippen molar-refractivity contribution in [2.45, 2.75) is 45.4 Å². The minimum absolute atomic E-state index is 0. The van der Waals surface area contributed by atoms with Crippen molar-refractivity contribution in [3.63, 3.8) is 0 Å². The second kappa shape index (κ2) is 13.7. The van der Waals surface area contributed by atoms with Crippen molar-refractivity contribution >= 4 is 11.9 Å². The summed E-state index contributed by atoms with van der Waals surface area (Å²) >= 11 is 0. The Morgan fingerprint density at radius 1 is 1.18 bits per heavy atom. The van der Waals surface area contributed by atoms with Gasteiger partial charge in [-0.3, -0.25) is 4.79 Å². The second-order valence-electron chi connectivity index (χ2n) is 3.51. The summed E-state index contributed by atoms with van der Waals surface area (Å²) in [4.78, 5) is 21.0. The van der Waals surface area contributed by atoms with E-state index in [4.69, 9.17) is 4.74 Å². The molecule has 0 aliphatic heterocycles. The molecule has 0 spiro atoms. The summed E-state index contributed by atoms with van der Waals surface area (Å²) < 4.78 is 4.85. The third-order valence-corrected chi connectivity index (χ3v) is 2.05. The molecule has 4 nitrogen and oxygen atoms in total. The monoisotopic (exact) mass is 250 g/mol. The first kappa shape index (κ1) is 19.0. The topological polar surface area (TPSA) is 66.4 Å². The van der Waals surface area contributed by atoms with Gasteiger partial charge in [0.25, 0.3) is 0 Å². The molecule has 0 aliphatic carbocycles. The maximum absolute atomic E-state index is 11.0. The van der Waals surface area contributed by atoms with Gasteiger partial charge in [-0.1, -0.05) is 12.2 Å². The standard InChI is InChI=1S/C12H20O4.Na/c1-2-3-4-5-6-7-10-16-12(15)9-8-11(13)14;/h2-3H,4-10H2,1H3,(H,13,14);/q;+1/p-1. The van der Waals surface area contributed by atoms with E-state index in [1.165, 1.54) is 0 Å². The van der Waals surface area contributed by atoms with Crippen LogP contribution in [-0.2, 0) is 14.3 Å². The van der Waals surface area contributed by atoms with E-state index in [1.54, 1.807) is 0 Å². The van der Waals surface area contributed by atoms with Crippen LogP contribution in [0.4, 0.5) is 0 Å².